The van der Waals surface area contributed by atoms with Crippen LogP contribution in [-0.4, -0.2) is 43.6 Å². The summed E-state index contributed by atoms with van der Waals surface area (Å²) in [6.07, 6.45) is 1.30. The highest BCUT2D eigenvalue weighted by molar-refractivity contribution is 5.61. The van der Waals surface area contributed by atoms with E-state index in [4.69, 9.17) is 14.2 Å². The molecule has 2 aliphatic rings. The zero-order valence-electron chi connectivity index (χ0n) is 13.8. The highest BCUT2D eigenvalue weighted by atomic mass is 16.7. The number of ether oxygens (including phenoxy) is 3. The van der Waals surface area contributed by atoms with E-state index in [0.29, 0.717) is 12.2 Å². The Labute approximate surface area is 131 Å². The largest absolute Gasteiger partial charge is 0.492 e. The van der Waals surface area contributed by atoms with Crippen molar-refractivity contribution in [3.8, 4) is 17.2 Å². The van der Waals surface area contributed by atoms with Gasteiger partial charge in [0.2, 0.25) is 12.5 Å². The molecule has 2 aliphatic heterocycles. The lowest BCUT2D eigenvalue weighted by Crippen LogP contribution is -2.35. The Morgan fingerprint density at radius 2 is 2.18 bits per heavy atom. The number of methoxy groups -OCH3 is 1. The minimum Gasteiger partial charge on any atom is -0.492 e. The topological polar surface area (TPSA) is 51.2 Å². The zero-order valence-corrected chi connectivity index (χ0v) is 13.8. The molecule has 2 heterocycles. The fraction of sp³-hybridized carbons (Fsp3) is 0.647. The third-order valence-corrected chi connectivity index (χ3v) is 4.78. The van der Waals surface area contributed by atoms with Crippen molar-refractivity contribution >= 4 is 0 Å². The van der Waals surface area contributed by atoms with Gasteiger partial charge < -0.3 is 19.3 Å². The highest BCUT2D eigenvalue weighted by Gasteiger charge is 2.35. The molecule has 0 saturated heterocycles. The Kier molecular flexibility index (Phi) is 4.19. The summed E-state index contributed by atoms with van der Waals surface area (Å²) in [5.41, 5.74) is 2.38. The second-order valence-electron chi connectivity index (χ2n) is 6.51. The van der Waals surface area contributed by atoms with Gasteiger partial charge in [-0.25, -0.2) is 0 Å². The van der Waals surface area contributed by atoms with Crippen LogP contribution in [0.2, 0.25) is 0 Å². The minimum absolute atomic E-state index is 0.130. The molecule has 3 rings (SSSR count). The molecule has 1 aromatic carbocycles. The smallest absolute Gasteiger partial charge is 0.231 e. The molecule has 0 radical (unpaired) electrons. The summed E-state index contributed by atoms with van der Waals surface area (Å²) >= 11 is 0. The van der Waals surface area contributed by atoms with E-state index < -0.39 is 0 Å². The number of nitrogens with zero attached hydrogens (tertiary/aromatic N) is 1. The molecule has 22 heavy (non-hydrogen) atoms. The summed E-state index contributed by atoms with van der Waals surface area (Å²) < 4.78 is 16.8. The molecule has 0 unspecified atom stereocenters. The molecule has 0 amide bonds. The SMILES string of the molecule is COc1c2c(cc3c1[C@@H](C[C@H](O)C(C)C)N(C)CC3)OCO2. The number of hydrogen-bond acceptors (Lipinski definition) is 5. The molecule has 1 N–H and O–H groups in total. The van der Waals surface area contributed by atoms with Gasteiger partial charge in [0.15, 0.2) is 11.5 Å². The van der Waals surface area contributed by atoms with Gasteiger partial charge in [-0.1, -0.05) is 13.8 Å². The normalized spacial score (nSPS) is 21.8. The maximum Gasteiger partial charge on any atom is 0.231 e. The molecule has 0 saturated carbocycles. The molecule has 0 fully saturated rings. The maximum absolute atomic E-state index is 10.4. The van der Waals surface area contributed by atoms with Gasteiger partial charge >= 0.3 is 0 Å². The quantitative estimate of drug-likeness (QED) is 0.925. The van der Waals surface area contributed by atoms with E-state index >= 15 is 0 Å². The number of benzene rings is 1. The summed E-state index contributed by atoms with van der Waals surface area (Å²) in [7, 11) is 3.77. The van der Waals surface area contributed by atoms with Crippen LogP contribution >= 0.6 is 0 Å². The first kappa shape index (κ1) is 15.4. The van der Waals surface area contributed by atoms with E-state index in [1.54, 1.807) is 7.11 Å². The van der Waals surface area contributed by atoms with Crippen molar-refractivity contribution in [2.75, 3.05) is 27.5 Å². The third kappa shape index (κ3) is 2.52. The lowest BCUT2D eigenvalue weighted by atomic mass is 9.86. The zero-order chi connectivity index (χ0) is 15.9. The summed E-state index contributed by atoms with van der Waals surface area (Å²) in [4.78, 5) is 2.29. The van der Waals surface area contributed by atoms with Crippen LogP contribution in [0.15, 0.2) is 6.07 Å². The van der Waals surface area contributed by atoms with Gasteiger partial charge in [0.25, 0.3) is 0 Å². The molecule has 0 bridgehead atoms. The minimum atomic E-state index is -0.339. The lowest BCUT2D eigenvalue weighted by Gasteiger charge is -2.37. The van der Waals surface area contributed by atoms with Gasteiger partial charge in [-0.05, 0) is 37.4 Å². The van der Waals surface area contributed by atoms with Crippen molar-refractivity contribution in [1.29, 1.82) is 0 Å². The molecule has 0 aliphatic carbocycles. The fourth-order valence-corrected chi connectivity index (χ4v) is 3.32. The average Bonchev–Trinajstić information content (AvgIpc) is 2.95. The van der Waals surface area contributed by atoms with Gasteiger partial charge in [-0.15, -0.1) is 0 Å². The van der Waals surface area contributed by atoms with Crippen LogP contribution in [0.5, 0.6) is 17.2 Å². The van der Waals surface area contributed by atoms with E-state index in [1.807, 2.05) is 13.8 Å². The molecule has 122 valence electrons. The first-order valence-electron chi connectivity index (χ1n) is 7.90. The number of aliphatic hydroxyl groups is 1. The first-order valence-corrected chi connectivity index (χ1v) is 7.90. The van der Waals surface area contributed by atoms with Crippen molar-refractivity contribution in [2.24, 2.45) is 5.92 Å². The monoisotopic (exact) mass is 307 g/mol. The van der Waals surface area contributed by atoms with E-state index in [2.05, 4.69) is 18.0 Å². The Morgan fingerprint density at radius 1 is 1.41 bits per heavy atom. The van der Waals surface area contributed by atoms with Crippen molar-refractivity contribution in [3.63, 3.8) is 0 Å². The summed E-state index contributed by atoms with van der Waals surface area (Å²) in [6, 6.07) is 2.20. The number of likely N-dealkylation sites (N-methyl/N-ethyl adjacent to an activating group) is 1. The van der Waals surface area contributed by atoms with E-state index in [9.17, 15) is 5.11 Å². The van der Waals surface area contributed by atoms with Crippen LogP contribution in [0.4, 0.5) is 0 Å². The Bertz CT molecular complexity index is 558. The predicted octanol–water partition coefficient (Wildman–Crippen LogP) is 2.36. The summed E-state index contributed by atoms with van der Waals surface area (Å²) in [5.74, 6) is 2.46. The van der Waals surface area contributed by atoms with E-state index in [-0.39, 0.29) is 24.9 Å². The number of rotatable bonds is 4. The lowest BCUT2D eigenvalue weighted by molar-refractivity contribution is 0.0741. The van der Waals surface area contributed by atoms with Crippen LogP contribution in [0.25, 0.3) is 0 Å². The average molecular weight is 307 g/mol. The maximum atomic E-state index is 10.4. The van der Waals surface area contributed by atoms with Gasteiger partial charge in [0.05, 0.1) is 13.2 Å². The third-order valence-electron chi connectivity index (χ3n) is 4.78. The van der Waals surface area contributed by atoms with Crippen LogP contribution in [0.3, 0.4) is 0 Å². The van der Waals surface area contributed by atoms with E-state index in [1.165, 1.54) is 5.56 Å². The van der Waals surface area contributed by atoms with Crippen LogP contribution < -0.4 is 14.2 Å². The predicted molar refractivity (Wildman–Crippen MR) is 83.7 cm³/mol. The molecule has 1 aromatic rings. The molecule has 0 spiro atoms. The second-order valence-corrected chi connectivity index (χ2v) is 6.51. The molecular formula is C17H25NO4. The van der Waals surface area contributed by atoms with E-state index in [0.717, 1.165) is 30.0 Å². The Hall–Kier alpha value is -1.46. The van der Waals surface area contributed by atoms with Crippen molar-refractivity contribution in [2.45, 2.75) is 38.8 Å². The molecule has 5 heteroatoms. The molecule has 2 atom stereocenters. The van der Waals surface area contributed by atoms with Gasteiger partial charge in [0.1, 0.15) is 0 Å². The van der Waals surface area contributed by atoms with Crippen molar-refractivity contribution < 1.29 is 19.3 Å². The first-order chi connectivity index (χ1) is 10.5. The Balaban J connectivity index is 2.04. The highest BCUT2D eigenvalue weighted by Crippen LogP contribution is 2.50. The van der Waals surface area contributed by atoms with Gasteiger partial charge in [-0.2, -0.15) is 0 Å². The number of hydrogen-bond donors (Lipinski definition) is 1. The molecule has 5 nitrogen and oxygen atoms in total. The van der Waals surface area contributed by atoms with Crippen LogP contribution in [-0.2, 0) is 6.42 Å². The van der Waals surface area contributed by atoms with Gasteiger partial charge in [0, 0.05) is 18.2 Å². The second kappa shape index (κ2) is 5.97. The molecule has 0 aromatic heterocycles. The number of fused-ring (bicyclic) bond motifs is 2. The van der Waals surface area contributed by atoms with Gasteiger partial charge in [-0.3, -0.25) is 4.90 Å². The number of aliphatic hydroxyl groups excluding tert-OH is 1. The molecular weight excluding hydrogens is 282 g/mol. The van der Waals surface area contributed by atoms with Crippen molar-refractivity contribution in [1.82, 2.24) is 4.90 Å². The fourth-order valence-electron chi connectivity index (χ4n) is 3.32. The summed E-state index contributed by atoms with van der Waals surface area (Å²) in [5, 5.41) is 10.4. The van der Waals surface area contributed by atoms with Crippen molar-refractivity contribution in [3.05, 3.63) is 17.2 Å². The standard InChI is InChI=1S/C17H25NO4/c1-10(2)13(19)8-12-15-11(5-6-18(12)3)7-14-16(17(15)20-4)22-9-21-14/h7,10,12-13,19H,5-6,8-9H2,1-4H3/t12-,13+/m1/s1. The van der Waals surface area contributed by atoms with Crippen LogP contribution in [0.1, 0.15) is 37.4 Å². The Morgan fingerprint density at radius 3 is 2.86 bits per heavy atom. The summed E-state index contributed by atoms with van der Waals surface area (Å²) in [6.45, 7) is 5.30. The van der Waals surface area contributed by atoms with Crippen LogP contribution in [0, 0.1) is 5.92 Å².